The van der Waals surface area contributed by atoms with Crippen molar-refractivity contribution in [3.05, 3.63) is 0 Å². The number of hydrogen-bond donors (Lipinski definition) is 0. The second kappa shape index (κ2) is 25.5. The molecule has 0 radical (unpaired) electrons. The monoisotopic (exact) mass is 439 g/mol. The lowest BCUT2D eigenvalue weighted by Gasteiger charge is -2.22. The van der Waals surface area contributed by atoms with Crippen LogP contribution in [0.1, 0.15) is 156 Å². The van der Waals surface area contributed by atoms with Gasteiger partial charge in [0, 0.05) is 13.1 Å². The average Bonchev–Trinajstić information content (AvgIpc) is 2.78. The fourth-order valence-electron chi connectivity index (χ4n) is 4.12. The quantitative estimate of drug-likeness (QED) is 0.140. The Labute approximate surface area is 196 Å². The van der Waals surface area contributed by atoms with Crippen molar-refractivity contribution in [1.29, 1.82) is 0 Å². The predicted octanol–water partition coefficient (Wildman–Crippen LogP) is 9.68. The van der Waals surface area contributed by atoms with Crippen LogP contribution in [0.5, 0.6) is 0 Å². The second-order valence-corrected chi connectivity index (χ2v) is 9.47. The Bertz CT molecular complexity index is 337. The molecule has 1 amide bonds. The number of ether oxygens (including phenoxy) is 1. The molecule has 0 aromatic rings. The molecule has 0 atom stereocenters. The number of nitrogens with zero attached hydrogens (tertiary/aromatic N) is 1. The molecular weight excluding hydrogens is 382 g/mol. The van der Waals surface area contributed by atoms with Crippen LogP contribution in [0.3, 0.4) is 0 Å². The summed E-state index contributed by atoms with van der Waals surface area (Å²) in [5.74, 6) is 0. The second-order valence-electron chi connectivity index (χ2n) is 9.47. The van der Waals surface area contributed by atoms with E-state index in [1.54, 1.807) is 0 Å². The number of hydrogen-bond acceptors (Lipinski definition) is 2. The number of carbonyl (C=O) groups excluding carboxylic acids is 1. The Morgan fingerprint density at radius 3 is 1.19 bits per heavy atom. The van der Waals surface area contributed by atoms with E-state index in [0.29, 0.717) is 6.61 Å². The Morgan fingerprint density at radius 1 is 0.484 bits per heavy atom. The van der Waals surface area contributed by atoms with Crippen LogP contribution in [-0.2, 0) is 4.74 Å². The maximum atomic E-state index is 12.5. The summed E-state index contributed by atoms with van der Waals surface area (Å²) >= 11 is 0. The highest BCUT2D eigenvalue weighted by Gasteiger charge is 2.14. The van der Waals surface area contributed by atoms with E-state index in [2.05, 4.69) is 20.8 Å². The summed E-state index contributed by atoms with van der Waals surface area (Å²) in [4.78, 5) is 14.5. The number of unbranched alkanes of at least 4 members (excludes halogenated alkanes) is 18. The third kappa shape index (κ3) is 22.3. The summed E-state index contributed by atoms with van der Waals surface area (Å²) in [6.07, 6.45) is 27.0. The van der Waals surface area contributed by atoms with Crippen molar-refractivity contribution in [3.8, 4) is 0 Å². The van der Waals surface area contributed by atoms with E-state index in [4.69, 9.17) is 4.74 Å². The number of amides is 1. The molecule has 31 heavy (non-hydrogen) atoms. The van der Waals surface area contributed by atoms with Crippen LogP contribution in [0.4, 0.5) is 4.79 Å². The maximum absolute atomic E-state index is 12.5. The first-order chi connectivity index (χ1) is 15.3. The van der Waals surface area contributed by atoms with Gasteiger partial charge in [-0.15, -0.1) is 0 Å². The van der Waals surface area contributed by atoms with Gasteiger partial charge in [0.25, 0.3) is 0 Å². The fourth-order valence-corrected chi connectivity index (χ4v) is 4.12. The lowest BCUT2D eigenvalue weighted by atomic mass is 10.1. The van der Waals surface area contributed by atoms with Gasteiger partial charge in [0.05, 0.1) is 6.61 Å². The van der Waals surface area contributed by atoms with Crippen molar-refractivity contribution >= 4 is 6.09 Å². The van der Waals surface area contributed by atoms with Gasteiger partial charge < -0.3 is 9.64 Å². The van der Waals surface area contributed by atoms with Gasteiger partial charge in [-0.25, -0.2) is 4.79 Å². The summed E-state index contributed by atoms with van der Waals surface area (Å²) in [6.45, 7) is 9.06. The molecule has 0 fully saturated rings. The Kier molecular flexibility index (Phi) is 24.9. The molecule has 0 aromatic heterocycles. The minimum Gasteiger partial charge on any atom is -0.449 e. The van der Waals surface area contributed by atoms with Crippen molar-refractivity contribution in [2.75, 3.05) is 19.7 Å². The molecule has 0 spiro atoms. The van der Waals surface area contributed by atoms with Crippen molar-refractivity contribution < 1.29 is 9.53 Å². The van der Waals surface area contributed by atoms with Crippen LogP contribution in [-0.4, -0.2) is 30.7 Å². The molecule has 0 unspecified atom stereocenters. The largest absolute Gasteiger partial charge is 0.449 e. The van der Waals surface area contributed by atoms with Gasteiger partial charge in [0.15, 0.2) is 0 Å². The molecule has 0 aliphatic rings. The molecule has 0 saturated heterocycles. The summed E-state index contributed by atoms with van der Waals surface area (Å²) in [6, 6.07) is 0. The van der Waals surface area contributed by atoms with Gasteiger partial charge in [-0.05, 0) is 19.3 Å². The average molecular weight is 440 g/mol. The van der Waals surface area contributed by atoms with Gasteiger partial charge >= 0.3 is 6.09 Å². The zero-order valence-corrected chi connectivity index (χ0v) is 21.7. The topological polar surface area (TPSA) is 29.5 Å². The van der Waals surface area contributed by atoms with Crippen molar-refractivity contribution in [1.82, 2.24) is 4.90 Å². The van der Waals surface area contributed by atoms with Gasteiger partial charge in [0.1, 0.15) is 0 Å². The van der Waals surface area contributed by atoms with Gasteiger partial charge in [-0.3, -0.25) is 0 Å². The molecule has 0 N–H and O–H groups in total. The van der Waals surface area contributed by atoms with Crippen LogP contribution in [0.2, 0.25) is 0 Å². The van der Waals surface area contributed by atoms with Crippen LogP contribution < -0.4 is 0 Å². The number of rotatable bonds is 24. The SMILES string of the molecule is CCCCCCCCCCCN(CCCCCCCCCCC)C(=O)OCCCCC. The standard InChI is InChI=1S/C28H57NO2/c1-4-7-10-12-14-16-18-20-22-25-29(28(30)31-27-24-9-6-3)26-23-21-19-17-15-13-11-8-5-2/h4-27H2,1-3H3. The smallest absolute Gasteiger partial charge is 0.409 e. The molecule has 0 aromatic carbocycles. The van der Waals surface area contributed by atoms with Gasteiger partial charge in [0.2, 0.25) is 0 Å². The first-order valence-electron chi connectivity index (χ1n) is 14.2. The summed E-state index contributed by atoms with van der Waals surface area (Å²) in [7, 11) is 0. The van der Waals surface area contributed by atoms with Crippen LogP contribution in [0.15, 0.2) is 0 Å². The van der Waals surface area contributed by atoms with E-state index >= 15 is 0 Å². The first-order valence-corrected chi connectivity index (χ1v) is 14.2. The fraction of sp³-hybridized carbons (Fsp3) is 0.964. The Morgan fingerprint density at radius 2 is 0.806 bits per heavy atom. The van der Waals surface area contributed by atoms with E-state index in [1.807, 2.05) is 4.90 Å². The first kappa shape index (κ1) is 30.3. The normalized spacial score (nSPS) is 11.1. The van der Waals surface area contributed by atoms with E-state index in [9.17, 15) is 4.79 Å². The zero-order chi connectivity index (χ0) is 22.8. The minimum atomic E-state index is -0.0739. The van der Waals surface area contributed by atoms with Crippen LogP contribution in [0, 0.1) is 0 Å². The molecule has 0 aliphatic heterocycles. The van der Waals surface area contributed by atoms with Crippen molar-refractivity contribution in [2.45, 2.75) is 156 Å². The molecule has 0 rings (SSSR count). The lowest BCUT2D eigenvalue weighted by Crippen LogP contribution is -2.33. The Balaban J connectivity index is 3.96. The number of carbonyl (C=O) groups is 1. The minimum absolute atomic E-state index is 0.0739. The molecule has 186 valence electrons. The highest BCUT2D eigenvalue weighted by molar-refractivity contribution is 5.67. The van der Waals surface area contributed by atoms with Crippen LogP contribution in [0.25, 0.3) is 0 Å². The zero-order valence-electron chi connectivity index (χ0n) is 21.7. The summed E-state index contributed by atoms with van der Waals surface area (Å²) < 4.78 is 5.56. The van der Waals surface area contributed by atoms with Crippen molar-refractivity contribution in [3.63, 3.8) is 0 Å². The van der Waals surface area contributed by atoms with E-state index in [1.165, 1.54) is 103 Å². The molecule has 0 saturated carbocycles. The third-order valence-corrected chi connectivity index (χ3v) is 6.29. The van der Waals surface area contributed by atoms with E-state index < -0.39 is 0 Å². The van der Waals surface area contributed by atoms with Crippen molar-refractivity contribution in [2.24, 2.45) is 0 Å². The molecule has 0 aliphatic carbocycles. The molecular formula is C28H57NO2. The molecule has 0 heterocycles. The summed E-state index contributed by atoms with van der Waals surface area (Å²) in [5.41, 5.74) is 0. The van der Waals surface area contributed by atoms with Gasteiger partial charge in [-0.2, -0.15) is 0 Å². The highest BCUT2D eigenvalue weighted by Crippen LogP contribution is 2.13. The predicted molar refractivity (Wildman–Crippen MR) is 137 cm³/mol. The molecule has 3 nitrogen and oxygen atoms in total. The highest BCUT2D eigenvalue weighted by atomic mass is 16.6. The summed E-state index contributed by atoms with van der Waals surface area (Å²) in [5, 5.41) is 0. The van der Waals surface area contributed by atoms with Gasteiger partial charge in [-0.1, -0.05) is 136 Å². The molecule has 0 bridgehead atoms. The van der Waals surface area contributed by atoms with E-state index in [-0.39, 0.29) is 6.09 Å². The van der Waals surface area contributed by atoms with E-state index in [0.717, 1.165) is 45.2 Å². The molecule has 3 heteroatoms. The van der Waals surface area contributed by atoms with Crippen LogP contribution >= 0.6 is 0 Å². The maximum Gasteiger partial charge on any atom is 0.409 e. The third-order valence-electron chi connectivity index (χ3n) is 6.29. The Hall–Kier alpha value is -0.730. The lowest BCUT2D eigenvalue weighted by molar-refractivity contribution is 0.0991.